The lowest BCUT2D eigenvalue weighted by Gasteiger charge is -2.16. The molecule has 1 aromatic rings. The Labute approximate surface area is 102 Å². The first-order valence-electron chi connectivity index (χ1n) is 6.33. The Balaban J connectivity index is 1.87. The second-order valence-electron chi connectivity index (χ2n) is 5.17. The van der Waals surface area contributed by atoms with Crippen LogP contribution in [0.3, 0.4) is 0 Å². The third-order valence-corrected chi connectivity index (χ3v) is 3.84. The Morgan fingerprint density at radius 2 is 2.06 bits per heavy atom. The van der Waals surface area contributed by atoms with E-state index in [0.29, 0.717) is 6.10 Å². The highest BCUT2D eigenvalue weighted by Gasteiger charge is 2.43. The molecule has 17 heavy (non-hydrogen) atoms. The Morgan fingerprint density at radius 3 is 2.59 bits per heavy atom. The zero-order valence-electron chi connectivity index (χ0n) is 10.2. The highest BCUT2D eigenvalue weighted by molar-refractivity contribution is 5.47. The molecule has 0 radical (unpaired) electrons. The molecule has 92 valence electrons. The summed E-state index contributed by atoms with van der Waals surface area (Å²) in [5, 5.41) is 0. The standard InChI is InChI=1S/C14H19NO2/c1-16-13-8-10(14(9-15)6-7-14)2-5-12(13)17-11-3-4-11/h2,5,8,11H,3-4,6-7,9,15H2,1H3. The summed E-state index contributed by atoms with van der Waals surface area (Å²) >= 11 is 0. The van der Waals surface area contributed by atoms with Crippen molar-refractivity contribution in [3.8, 4) is 11.5 Å². The molecule has 3 rings (SSSR count). The minimum atomic E-state index is 0.214. The number of hydrogen-bond donors (Lipinski definition) is 1. The van der Waals surface area contributed by atoms with Crippen molar-refractivity contribution >= 4 is 0 Å². The quantitative estimate of drug-likeness (QED) is 0.848. The average molecular weight is 233 g/mol. The minimum Gasteiger partial charge on any atom is -0.493 e. The van der Waals surface area contributed by atoms with E-state index in [1.165, 1.54) is 18.4 Å². The van der Waals surface area contributed by atoms with E-state index in [2.05, 4.69) is 12.1 Å². The van der Waals surface area contributed by atoms with Crippen molar-refractivity contribution in [3.05, 3.63) is 23.8 Å². The van der Waals surface area contributed by atoms with Gasteiger partial charge in [-0.05, 0) is 43.4 Å². The van der Waals surface area contributed by atoms with Crippen molar-refractivity contribution < 1.29 is 9.47 Å². The summed E-state index contributed by atoms with van der Waals surface area (Å²) in [6, 6.07) is 6.26. The maximum absolute atomic E-state index is 5.85. The van der Waals surface area contributed by atoms with E-state index < -0.39 is 0 Å². The van der Waals surface area contributed by atoms with E-state index >= 15 is 0 Å². The van der Waals surface area contributed by atoms with Crippen LogP contribution in [-0.4, -0.2) is 19.8 Å². The molecule has 0 spiro atoms. The van der Waals surface area contributed by atoms with E-state index in [1.54, 1.807) is 7.11 Å². The zero-order valence-corrected chi connectivity index (χ0v) is 10.2. The molecule has 3 nitrogen and oxygen atoms in total. The van der Waals surface area contributed by atoms with Gasteiger partial charge in [0, 0.05) is 12.0 Å². The van der Waals surface area contributed by atoms with Crippen LogP contribution in [0.2, 0.25) is 0 Å². The van der Waals surface area contributed by atoms with E-state index in [4.69, 9.17) is 15.2 Å². The predicted octanol–water partition coefficient (Wildman–Crippen LogP) is 2.23. The molecule has 0 amide bonds. The number of methoxy groups -OCH3 is 1. The van der Waals surface area contributed by atoms with Gasteiger partial charge in [0.25, 0.3) is 0 Å². The Kier molecular flexibility index (Phi) is 2.51. The monoisotopic (exact) mass is 233 g/mol. The summed E-state index contributed by atoms with van der Waals surface area (Å²) in [7, 11) is 1.70. The molecule has 2 aliphatic carbocycles. The smallest absolute Gasteiger partial charge is 0.161 e. The Bertz CT molecular complexity index is 422. The lowest BCUT2D eigenvalue weighted by atomic mass is 9.96. The van der Waals surface area contributed by atoms with Crippen LogP contribution in [0.4, 0.5) is 0 Å². The van der Waals surface area contributed by atoms with E-state index in [9.17, 15) is 0 Å². The fraction of sp³-hybridized carbons (Fsp3) is 0.571. The molecular formula is C14H19NO2. The molecule has 2 N–H and O–H groups in total. The van der Waals surface area contributed by atoms with Gasteiger partial charge in [0.2, 0.25) is 0 Å². The number of rotatable bonds is 5. The van der Waals surface area contributed by atoms with Gasteiger partial charge in [-0.1, -0.05) is 6.07 Å². The second-order valence-corrected chi connectivity index (χ2v) is 5.17. The highest BCUT2D eigenvalue weighted by Crippen LogP contribution is 2.49. The van der Waals surface area contributed by atoms with Crippen LogP contribution in [0.5, 0.6) is 11.5 Å². The SMILES string of the molecule is COc1cc(C2(CN)CC2)ccc1OC1CC1. The summed E-state index contributed by atoms with van der Waals surface area (Å²) in [5.41, 5.74) is 7.35. The van der Waals surface area contributed by atoms with Crippen LogP contribution in [0, 0.1) is 0 Å². The summed E-state index contributed by atoms with van der Waals surface area (Å²) in [4.78, 5) is 0. The predicted molar refractivity (Wildman–Crippen MR) is 66.6 cm³/mol. The van der Waals surface area contributed by atoms with E-state index in [-0.39, 0.29) is 5.41 Å². The van der Waals surface area contributed by atoms with Crippen molar-refractivity contribution in [1.82, 2.24) is 0 Å². The topological polar surface area (TPSA) is 44.5 Å². The van der Waals surface area contributed by atoms with Gasteiger partial charge in [-0.15, -0.1) is 0 Å². The molecule has 2 aliphatic rings. The number of nitrogens with two attached hydrogens (primary N) is 1. The Morgan fingerprint density at radius 1 is 1.29 bits per heavy atom. The van der Waals surface area contributed by atoms with Crippen LogP contribution in [0.25, 0.3) is 0 Å². The van der Waals surface area contributed by atoms with Crippen LogP contribution in [-0.2, 0) is 5.41 Å². The number of hydrogen-bond acceptors (Lipinski definition) is 3. The highest BCUT2D eigenvalue weighted by atomic mass is 16.5. The van der Waals surface area contributed by atoms with Gasteiger partial charge >= 0.3 is 0 Å². The molecule has 0 saturated heterocycles. The van der Waals surface area contributed by atoms with Crippen molar-refractivity contribution in [2.75, 3.05) is 13.7 Å². The molecule has 2 saturated carbocycles. The fourth-order valence-electron chi connectivity index (χ4n) is 2.22. The van der Waals surface area contributed by atoms with Gasteiger partial charge in [-0.25, -0.2) is 0 Å². The van der Waals surface area contributed by atoms with E-state index in [1.807, 2.05) is 6.07 Å². The normalized spacial score (nSPS) is 21.1. The van der Waals surface area contributed by atoms with Gasteiger partial charge in [0.05, 0.1) is 13.2 Å². The molecule has 0 unspecified atom stereocenters. The van der Waals surface area contributed by atoms with Crippen LogP contribution in [0.1, 0.15) is 31.2 Å². The molecule has 0 heterocycles. The molecule has 0 bridgehead atoms. The summed E-state index contributed by atoms with van der Waals surface area (Å²) in [5.74, 6) is 1.71. The zero-order chi connectivity index (χ0) is 11.9. The molecule has 3 heteroatoms. The van der Waals surface area contributed by atoms with Crippen molar-refractivity contribution in [2.45, 2.75) is 37.2 Å². The number of benzene rings is 1. The van der Waals surface area contributed by atoms with Gasteiger partial charge in [-0.3, -0.25) is 0 Å². The maximum Gasteiger partial charge on any atom is 0.161 e. The fourth-order valence-corrected chi connectivity index (χ4v) is 2.22. The van der Waals surface area contributed by atoms with Crippen molar-refractivity contribution in [3.63, 3.8) is 0 Å². The third kappa shape index (κ3) is 2.00. The molecular weight excluding hydrogens is 214 g/mol. The lowest BCUT2D eigenvalue weighted by Crippen LogP contribution is -2.19. The number of ether oxygens (including phenoxy) is 2. The minimum absolute atomic E-state index is 0.214. The molecule has 1 aromatic carbocycles. The van der Waals surface area contributed by atoms with E-state index in [0.717, 1.165) is 30.9 Å². The summed E-state index contributed by atoms with van der Waals surface area (Å²) < 4.78 is 11.2. The molecule has 0 aliphatic heterocycles. The van der Waals surface area contributed by atoms with Crippen LogP contribution in [0.15, 0.2) is 18.2 Å². The first-order chi connectivity index (χ1) is 8.27. The van der Waals surface area contributed by atoms with Gasteiger partial charge in [-0.2, -0.15) is 0 Å². The molecule has 0 atom stereocenters. The first-order valence-corrected chi connectivity index (χ1v) is 6.33. The van der Waals surface area contributed by atoms with Crippen LogP contribution < -0.4 is 15.2 Å². The van der Waals surface area contributed by atoms with Crippen molar-refractivity contribution in [1.29, 1.82) is 0 Å². The average Bonchev–Trinajstić information content (AvgIpc) is 3.24. The van der Waals surface area contributed by atoms with Gasteiger partial charge < -0.3 is 15.2 Å². The largest absolute Gasteiger partial charge is 0.493 e. The summed E-state index contributed by atoms with van der Waals surface area (Å²) in [6.07, 6.45) is 5.11. The second kappa shape index (κ2) is 3.91. The van der Waals surface area contributed by atoms with Crippen LogP contribution >= 0.6 is 0 Å². The lowest BCUT2D eigenvalue weighted by molar-refractivity contribution is 0.282. The third-order valence-electron chi connectivity index (χ3n) is 3.84. The Hall–Kier alpha value is -1.22. The van der Waals surface area contributed by atoms with Gasteiger partial charge in [0.15, 0.2) is 11.5 Å². The summed E-state index contributed by atoms with van der Waals surface area (Å²) in [6.45, 7) is 0.721. The molecule has 2 fully saturated rings. The van der Waals surface area contributed by atoms with Gasteiger partial charge in [0.1, 0.15) is 0 Å². The molecule has 0 aromatic heterocycles. The maximum atomic E-state index is 5.85. The van der Waals surface area contributed by atoms with Crippen molar-refractivity contribution in [2.24, 2.45) is 5.73 Å². The first kappa shape index (κ1) is 10.9.